The average Bonchev–Trinajstić information content (AvgIpc) is 2.94. The molecule has 2 rings (SSSR count). The lowest BCUT2D eigenvalue weighted by atomic mass is 10.3. The Hall–Kier alpha value is -2.09. The van der Waals surface area contributed by atoms with Crippen molar-refractivity contribution in [3.63, 3.8) is 0 Å². The van der Waals surface area contributed by atoms with E-state index in [-0.39, 0.29) is 11.2 Å². The van der Waals surface area contributed by atoms with Gasteiger partial charge in [-0.15, -0.1) is 5.10 Å². The average molecular weight is 293 g/mol. The van der Waals surface area contributed by atoms with Gasteiger partial charge in [-0.2, -0.15) is 4.68 Å². The van der Waals surface area contributed by atoms with E-state index in [1.54, 1.807) is 25.8 Å². The van der Waals surface area contributed by atoms with Gasteiger partial charge in [0.2, 0.25) is 11.1 Å². The lowest BCUT2D eigenvalue weighted by molar-refractivity contribution is -0.119. The van der Waals surface area contributed by atoms with Crippen LogP contribution in [-0.2, 0) is 4.79 Å². The fourth-order valence-corrected chi connectivity index (χ4v) is 2.48. The summed E-state index contributed by atoms with van der Waals surface area (Å²) in [5, 5.41) is 14.4. The van der Waals surface area contributed by atoms with Gasteiger partial charge in [0.05, 0.1) is 12.4 Å². The van der Waals surface area contributed by atoms with Crippen LogP contribution in [0.4, 0.5) is 0 Å². The number of methoxy groups -OCH3 is 1. The van der Waals surface area contributed by atoms with Crippen LogP contribution in [0, 0.1) is 0 Å². The number of nitrogens with zero attached hydrogens (tertiary/aromatic N) is 4. The molecule has 1 heterocycles. The molecule has 0 saturated heterocycles. The Morgan fingerprint density at radius 3 is 2.90 bits per heavy atom. The van der Waals surface area contributed by atoms with E-state index in [0.29, 0.717) is 10.9 Å². The molecule has 0 aliphatic rings. The highest BCUT2D eigenvalue weighted by atomic mass is 32.2. The van der Waals surface area contributed by atoms with Crippen molar-refractivity contribution in [3.05, 3.63) is 24.3 Å². The predicted octanol–water partition coefficient (Wildman–Crippen LogP) is 0.897. The number of hydrogen-bond acceptors (Lipinski definition) is 6. The number of carbonyl (C=O) groups excluding carboxylic acids is 1. The Kier molecular flexibility index (Phi) is 4.57. The molecular weight excluding hydrogens is 278 g/mol. The van der Waals surface area contributed by atoms with Gasteiger partial charge in [-0.05, 0) is 29.5 Å². The molecule has 1 atom stereocenters. The van der Waals surface area contributed by atoms with E-state index >= 15 is 0 Å². The maximum absolute atomic E-state index is 11.6. The van der Waals surface area contributed by atoms with Crippen LogP contribution in [0.5, 0.6) is 5.75 Å². The minimum atomic E-state index is -0.292. The smallest absolute Gasteiger partial charge is 0.233 e. The van der Waals surface area contributed by atoms with Crippen LogP contribution in [0.1, 0.15) is 6.92 Å². The van der Waals surface area contributed by atoms with Crippen molar-refractivity contribution in [1.29, 1.82) is 0 Å². The molecule has 1 aromatic carbocycles. The molecule has 0 spiro atoms. The van der Waals surface area contributed by atoms with E-state index in [1.807, 2.05) is 24.3 Å². The quantitative estimate of drug-likeness (QED) is 0.825. The van der Waals surface area contributed by atoms with Crippen LogP contribution >= 0.6 is 11.8 Å². The number of nitrogens with one attached hydrogen (secondary N) is 1. The van der Waals surface area contributed by atoms with Crippen molar-refractivity contribution in [2.24, 2.45) is 0 Å². The maximum Gasteiger partial charge on any atom is 0.233 e. The van der Waals surface area contributed by atoms with E-state index in [2.05, 4.69) is 20.8 Å². The standard InChI is InChI=1S/C12H15N5O2S/c1-8(11(18)13-2)20-12-14-15-16-17(12)9-6-4-5-7-10(9)19-3/h4-8H,1-3H3,(H,13,18)/t8-/m1/s1. The van der Waals surface area contributed by atoms with E-state index < -0.39 is 0 Å². The van der Waals surface area contributed by atoms with Gasteiger partial charge in [0.15, 0.2) is 0 Å². The molecule has 1 N–H and O–H groups in total. The monoisotopic (exact) mass is 293 g/mol. The van der Waals surface area contributed by atoms with Crippen molar-refractivity contribution < 1.29 is 9.53 Å². The van der Waals surface area contributed by atoms with Crippen LogP contribution in [-0.4, -0.2) is 45.5 Å². The third-order valence-corrected chi connectivity index (χ3v) is 3.69. The summed E-state index contributed by atoms with van der Waals surface area (Å²) in [5.41, 5.74) is 0.728. The van der Waals surface area contributed by atoms with Gasteiger partial charge >= 0.3 is 0 Å². The zero-order valence-corrected chi connectivity index (χ0v) is 12.2. The van der Waals surface area contributed by atoms with Gasteiger partial charge in [-0.3, -0.25) is 4.79 Å². The zero-order chi connectivity index (χ0) is 14.5. The summed E-state index contributed by atoms with van der Waals surface area (Å²) in [5.74, 6) is 0.582. The molecule has 0 bridgehead atoms. The van der Waals surface area contributed by atoms with Crippen molar-refractivity contribution in [2.45, 2.75) is 17.3 Å². The second-order valence-corrected chi connectivity index (χ2v) is 5.23. The van der Waals surface area contributed by atoms with Gasteiger partial charge in [0.1, 0.15) is 11.4 Å². The Labute approximate surface area is 120 Å². The lowest BCUT2D eigenvalue weighted by Gasteiger charge is -2.11. The van der Waals surface area contributed by atoms with E-state index in [1.165, 1.54) is 11.8 Å². The molecule has 0 saturated carbocycles. The number of tetrazole rings is 1. The molecule has 20 heavy (non-hydrogen) atoms. The Morgan fingerprint density at radius 2 is 2.20 bits per heavy atom. The molecule has 7 nitrogen and oxygen atoms in total. The minimum Gasteiger partial charge on any atom is -0.494 e. The van der Waals surface area contributed by atoms with Crippen molar-refractivity contribution in [2.75, 3.05) is 14.2 Å². The molecular formula is C12H15N5O2S. The van der Waals surface area contributed by atoms with E-state index in [9.17, 15) is 4.79 Å². The minimum absolute atomic E-state index is 0.0791. The number of aromatic nitrogens is 4. The first kappa shape index (κ1) is 14.3. The highest BCUT2D eigenvalue weighted by Gasteiger charge is 2.19. The summed E-state index contributed by atoms with van der Waals surface area (Å²) in [6.07, 6.45) is 0. The number of amides is 1. The summed E-state index contributed by atoms with van der Waals surface area (Å²) in [7, 11) is 3.19. The summed E-state index contributed by atoms with van der Waals surface area (Å²) in [4.78, 5) is 11.6. The van der Waals surface area contributed by atoms with Crippen LogP contribution in [0.25, 0.3) is 5.69 Å². The molecule has 0 fully saturated rings. The SMILES string of the molecule is CNC(=O)[C@@H](C)Sc1nnnn1-c1ccccc1OC. The largest absolute Gasteiger partial charge is 0.494 e. The molecule has 1 amide bonds. The summed E-state index contributed by atoms with van der Waals surface area (Å²) in [6.45, 7) is 1.80. The van der Waals surface area contributed by atoms with Crippen LogP contribution in [0.2, 0.25) is 0 Å². The number of rotatable bonds is 5. The van der Waals surface area contributed by atoms with Gasteiger partial charge < -0.3 is 10.1 Å². The highest BCUT2D eigenvalue weighted by molar-refractivity contribution is 8.00. The fourth-order valence-electron chi connectivity index (χ4n) is 1.62. The van der Waals surface area contributed by atoms with Crippen molar-refractivity contribution >= 4 is 17.7 Å². The number of para-hydroxylation sites is 2. The Bertz CT molecular complexity index is 601. The number of thioether (sulfide) groups is 1. The van der Waals surface area contributed by atoms with Crippen LogP contribution in [0.15, 0.2) is 29.4 Å². The molecule has 8 heteroatoms. The summed E-state index contributed by atoms with van der Waals surface area (Å²) < 4.78 is 6.85. The second-order valence-electron chi connectivity index (χ2n) is 3.92. The van der Waals surface area contributed by atoms with Gasteiger partial charge in [-0.1, -0.05) is 23.9 Å². The van der Waals surface area contributed by atoms with Gasteiger partial charge in [0, 0.05) is 7.05 Å². The number of benzene rings is 1. The lowest BCUT2D eigenvalue weighted by Crippen LogP contribution is -2.27. The molecule has 0 unspecified atom stereocenters. The van der Waals surface area contributed by atoms with E-state index in [0.717, 1.165) is 5.69 Å². The summed E-state index contributed by atoms with van der Waals surface area (Å²) in [6, 6.07) is 7.42. The molecule has 1 aromatic heterocycles. The normalized spacial score (nSPS) is 11.9. The Balaban J connectivity index is 2.31. The third kappa shape index (κ3) is 2.90. The second kappa shape index (κ2) is 6.38. The molecule has 0 aliphatic heterocycles. The van der Waals surface area contributed by atoms with Gasteiger partial charge in [-0.25, -0.2) is 0 Å². The Morgan fingerprint density at radius 1 is 1.45 bits per heavy atom. The maximum atomic E-state index is 11.6. The summed E-state index contributed by atoms with van der Waals surface area (Å²) >= 11 is 1.28. The molecule has 106 valence electrons. The predicted molar refractivity (Wildman–Crippen MR) is 75.1 cm³/mol. The first-order chi connectivity index (χ1) is 9.67. The van der Waals surface area contributed by atoms with Crippen molar-refractivity contribution in [3.8, 4) is 11.4 Å². The first-order valence-corrected chi connectivity index (χ1v) is 6.85. The van der Waals surface area contributed by atoms with Crippen LogP contribution < -0.4 is 10.1 Å². The fraction of sp³-hybridized carbons (Fsp3) is 0.333. The van der Waals surface area contributed by atoms with Gasteiger partial charge in [0.25, 0.3) is 0 Å². The van der Waals surface area contributed by atoms with Crippen molar-refractivity contribution in [1.82, 2.24) is 25.5 Å². The molecule has 0 radical (unpaired) electrons. The van der Waals surface area contributed by atoms with E-state index in [4.69, 9.17) is 4.74 Å². The number of carbonyl (C=O) groups is 1. The van der Waals surface area contributed by atoms with Crippen LogP contribution in [0.3, 0.4) is 0 Å². The number of ether oxygens (including phenoxy) is 1. The topological polar surface area (TPSA) is 81.9 Å². The first-order valence-electron chi connectivity index (χ1n) is 5.97. The zero-order valence-electron chi connectivity index (χ0n) is 11.4. The molecule has 2 aromatic rings. The number of hydrogen-bond donors (Lipinski definition) is 1. The highest BCUT2D eigenvalue weighted by Crippen LogP contribution is 2.27. The molecule has 0 aliphatic carbocycles. The third-order valence-electron chi connectivity index (χ3n) is 2.65.